The number of hydrazone groups is 1. The van der Waals surface area contributed by atoms with E-state index in [1.807, 2.05) is 24.3 Å². The highest BCUT2D eigenvalue weighted by atomic mass is 16.3. The van der Waals surface area contributed by atoms with E-state index >= 15 is 0 Å². The summed E-state index contributed by atoms with van der Waals surface area (Å²) in [5.74, 6) is -1.10. The largest absolute Gasteiger partial charge is 0.394 e. The number of carbonyl (C=O) groups excluding carboxylic acids is 2. The first-order valence-electron chi connectivity index (χ1n) is 11.9. The van der Waals surface area contributed by atoms with Crippen molar-refractivity contribution in [3.63, 3.8) is 0 Å². The summed E-state index contributed by atoms with van der Waals surface area (Å²) in [5.41, 5.74) is 1.56. The summed E-state index contributed by atoms with van der Waals surface area (Å²) in [6, 6.07) is 16.0. The van der Waals surface area contributed by atoms with Crippen LogP contribution in [0.5, 0.6) is 0 Å². The molecule has 3 aromatic rings. The van der Waals surface area contributed by atoms with E-state index in [1.54, 1.807) is 30.3 Å². The van der Waals surface area contributed by atoms with Gasteiger partial charge in [0.25, 0.3) is 11.8 Å². The van der Waals surface area contributed by atoms with Gasteiger partial charge in [-0.25, -0.2) is 0 Å². The van der Waals surface area contributed by atoms with Crippen molar-refractivity contribution in [3.8, 4) is 0 Å². The molecule has 2 amide bonds. The van der Waals surface area contributed by atoms with Gasteiger partial charge in [-0.1, -0.05) is 24.3 Å². The van der Waals surface area contributed by atoms with Gasteiger partial charge in [0.2, 0.25) is 0 Å². The Morgan fingerprint density at radius 2 is 1.50 bits per heavy atom. The van der Waals surface area contributed by atoms with Crippen LogP contribution < -0.4 is 10.2 Å². The summed E-state index contributed by atoms with van der Waals surface area (Å²) in [7, 11) is 0. The van der Waals surface area contributed by atoms with E-state index in [9.17, 15) is 24.9 Å². The van der Waals surface area contributed by atoms with Crippen LogP contribution in [0.4, 0.5) is 11.4 Å². The molecular weight excluding hydrogens is 460 g/mol. The standard InChI is InChI=1S/C27H30N4O5/c1-3-30(4-2)19-10-8-18(9-11-19)14-28-31-25(35)21-7-5-6-20-23(29-27(15-32,16-33)17-34)13-12-22(24(20)21)26(31)36/h5-14,29,32-34H,3-4,15-17H2,1-2H3. The fourth-order valence-corrected chi connectivity index (χ4v) is 4.34. The van der Waals surface area contributed by atoms with Gasteiger partial charge in [0.05, 0.1) is 37.2 Å². The summed E-state index contributed by atoms with van der Waals surface area (Å²) in [4.78, 5) is 28.7. The van der Waals surface area contributed by atoms with Crippen molar-refractivity contribution < 1.29 is 24.9 Å². The van der Waals surface area contributed by atoms with Crippen LogP contribution in [0.3, 0.4) is 0 Å². The molecule has 0 bridgehead atoms. The minimum absolute atomic E-state index is 0.308. The number of amides is 2. The highest BCUT2D eigenvalue weighted by Crippen LogP contribution is 2.35. The van der Waals surface area contributed by atoms with Gasteiger partial charge in [-0.15, -0.1) is 0 Å². The zero-order valence-corrected chi connectivity index (χ0v) is 20.3. The van der Waals surface area contributed by atoms with E-state index in [1.165, 1.54) is 6.21 Å². The third-order valence-corrected chi connectivity index (χ3v) is 6.54. The zero-order valence-electron chi connectivity index (χ0n) is 20.3. The molecular formula is C27H30N4O5. The quantitative estimate of drug-likeness (QED) is 0.254. The minimum atomic E-state index is -1.36. The number of rotatable bonds is 10. The number of anilines is 2. The van der Waals surface area contributed by atoms with Gasteiger partial charge in [-0.2, -0.15) is 10.1 Å². The fraction of sp³-hybridized carbons (Fsp3) is 0.296. The lowest BCUT2D eigenvalue weighted by Gasteiger charge is -2.31. The van der Waals surface area contributed by atoms with E-state index in [0.29, 0.717) is 27.6 Å². The SMILES string of the molecule is CCN(CC)c1ccc(C=NN2C(=O)c3cccc4c(NC(CO)(CO)CO)ccc(c34)C2=O)cc1. The molecule has 188 valence electrons. The van der Waals surface area contributed by atoms with Crippen molar-refractivity contribution in [2.75, 3.05) is 43.1 Å². The highest BCUT2D eigenvalue weighted by molar-refractivity contribution is 6.26. The molecule has 36 heavy (non-hydrogen) atoms. The van der Waals surface area contributed by atoms with Gasteiger partial charge in [0.1, 0.15) is 5.54 Å². The van der Waals surface area contributed by atoms with Crippen LogP contribution in [0.15, 0.2) is 59.7 Å². The number of nitrogens with one attached hydrogen (secondary N) is 1. The monoisotopic (exact) mass is 490 g/mol. The van der Waals surface area contributed by atoms with Crippen molar-refractivity contribution in [1.82, 2.24) is 5.01 Å². The number of aliphatic hydroxyl groups is 3. The molecule has 0 saturated carbocycles. The zero-order chi connectivity index (χ0) is 25.9. The van der Waals surface area contributed by atoms with Gasteiger partial charge in [-0.05, 0) is 49.7 Å². The molecule has 0 unspecified atom stereocenters. The van der Waals surface area contributed by atoms with Gasteiger partial charge >= 0.3 is 0 Å². The normalized spacial score (nSPS) is 13.6. The summed E-state index contributed by atoms with van der Waals surface area (Å²) in [5, 5.41) is 38.2. The van der Waals surface area contributed by atoms with E-state index < -0.39 is 37.2 Å². The maximum atomic E-state index is 13.3. The molecule has 9 heteroatoms. The topological polar surface area (TPSA) is 126 Å². The Labute approximate surface area is 209 Å². The van der Waals surface area contributed by atoms with Crippen molar-refractivity contribution in [2.24, 2.45) is 5.10 Å². The van der Waals surface area contributed by atoms with Crippen LogP contribution in [0.2, 0.25) is 0 Å². The summed E-state index contributed by atoms with van der Waals surface area (Å²) in [6.07, 6.45) is 1.49. The Balaban J connectivity index is 1.67. The molecule has 4 N–H and O–H groups in total. The second-order valence-corrected chi connectivity index (χ2v) is 8.70. The minimum Gasteiger partial charge on any atom is -0.394 e. The molecule has 9 nitrogen and oxygen atoms in total. The molecule has 0 atom stereocenters. The van der Waals surface area contributed by atoms with Gasteiger partial charge in [0.15, 0.2) is 0 Å². The van der Waals surface area contributed by atoms with Crippen LogP contribution in [0.25, 0.3) is 10.8 Å². The van der Waals surface area contributed by atoms with Crippen molar-refractivity contribution in [1.29, 1.82) is 0 Å². The lowest BCUT2D eigenvalue weighted by molar-refractivity contribution is 0.0616. The maximum Gasteiger partial charge on any atom is 0.282 e. The number of imide groups is 1. The summed E-state index contributed by atoms with van der Waals surface area (Å²) in [6.45, 7) is 4.42. The Kier molecular flexibility index (Phi) is 7.35. The lowest BCUT2D eigenvalue weighted by atomic mass is 9.92. The van der Waals surface area contributed by atoms with Crippen LogP contribution in [0, 0.1) is 0 Å². The molecule has 0 saturated heterocycles. The molecule has 4 rings (SSSR count). The molecule has 1 heterocycles. The molecule has 0 aliphatic carbocycles. The van der Waals surface area contributed by atoms with Crippen LogP contribution >= 0.6 is 0 Å². The van der Waals surface area contributed by atoms with E-state index in [2.05, 4.69) is 29.2 Å². The van der Waals surface area contributed by atoms with E-state index in [4.69, 9.17) is 0 Å². The molecule has 3 aromatic carbocycles. The fourth-order valence-electron chi connectivity index (χ4n) is 4.34. The van der Waals surface area contributed by atoms with Gasteiger partial charge < -0.3 is 25.5 Å². The molecule has 0 spiro atoms. The Bertz CT molecular complexity index is 1270. The number of hydrogen-bond donors (Lipinski definition) is 4. The second kappa shape index (κ2) is 10.4. The van der Waals surface area contributed by atoms with Crippen molar-refractivity contribution in [3.05, 3.63) is 71.3 Å². The average Bonchev–Trinajstić information content (AvgIpc) is 2.92. The van der Waals surface area contributed by atoms with E-state index in [-0.39, 0.29) is 0 Å². The number of nitrogens with zero attached hydrogens (tertiary/aromatic N) is 3. The Morgan fingerprint density at radius 3 is 2.08 bits per heavy atom. The number of carbonyl (C=O) groups is 2. The predicted octanol–water partition coefficient (Wildman–Crippen LogP) is 2.44. The number of hydrogen-bond acceptors (Lipinski definition) is 8. The smallest absolute Gasteiger partial charge is 0.282 e. The number of benzene rings is 3. The third kappa shape index (κ3) is 4.44. The van der Waals surface area contributed by atoms with Gasteiger partial charge in [0, 0.05) is 35.2 Å². The van der Waals surface area contributed by atoms with Crippen LogP contribution in [-0.2, 0) is 0 Å². The predicted molar refractivity (Wildman–Crippen MR) is 140 cm³/mol. The molecule has 0 radical (unpaired) electrons. The Morgan fingerprint density at radius 1 is 0.889 bits per heavy atom. The van der Waals surface area contributed by atoms with Crippen molar-refractivity contribution >= 4 is 40.2 Å². The molecule has 1 aliphatic heterocycles. The molecule has 1 aliphatic rings. The Hall–Kier alpha value is -3.79. The van der Waals surface area contributed by atoms with E-state index in [0.717, 1.165) is 29.3 Å². The first kappa shape index (κ1) is 25.3. The first-order valence-corrected chi connectivity index (χ1v) is 11.9. The molecule has 0 fully saturated rings. The highest BCUT2D eigenvalue weighted by Gasteiger charge is 2.35. The third-order valence-electron chi connectivity index (χ3n) is 6.54. The second-order valence-electron chi connectivity index (χ2n) is 8.70. The van der Waals surface area contributed by atoms with Crippen LogP contribution in [0.1, 0.15) is 40.1 Å². The average molecular weight is 491 g/mol. The van der Waals surface area contributed by atoms with Gasteiger partial charge in [-0.3, -0.25) is 9.59 Å². The van der Waals surface area contributed by atoms with Crippen molar-refractivity contribution in [2.45, 2.75) is 19.4 Å². The lowest BCUT2D eigenvalue weighted by Crippen LogP contribution is -2.49. The molecule has 0 aromatic heterocycles. The first-order chi connectivity index (χ1) is 17.4. The number of aliphatic hydroxyl groups excluding tert-OH is 3. The summed E-state index contributed by atoms with van der Waals surface area (Å²) < 4.78 is 0. The summed E-state index contributed by atoms with van der Waals surface area (Å²) >= 11 is 0. The van der Waals surface area contributed by atoms with Crippen LogP contribution in [-0.4, -0.2) is 76.8 Å². The maximum absolute atomic E-state index is 13.3.